The lowest BCUT2D eigenvalue weighted by Gasteiger charge is -2.72. The minimum Gasteiger partial charge on any atom is -0.481 e. The quantitative estimate of drug-likeness (QED) is 0.285. The van der Waals surface area contributed by atoms with E-state index in [1.807, 2.05) is 12.1 Å². The maximum absolute atomic E-state index is 14.1. The van der Waals surface area contributed by atoms with Crippen molar-refractivity contribution in [1.82, 2.24) is 0 Å². The Kier molecular flexibility index (Phi) is 7.20. The van der Waals surface area contributed by atoms with Crippen LogP contribution in [0.4, 0.5) is 0 Å². The molecular formula is C40H54O3. The molecule has 232 valence electrons. The van der Waals surface area contributed by atoms with Crippen molar-refractivity contribution in [2.75, 3.05) is 0 Å². The minimum atomic E-state index is -0.585. The zero-order valence-corrected chi connectivity index (χ0v) is 27.8. The number of ketones is 1. The van der Waals surface area contributed by atoms with E-state index in [0.717, 1.165) is 63.4 Å². The smallest absolute Gasteiger partial charge is 0.309 e. The highest BCUT2D eigenvalue weighted by atomic mass is 16.4. The Morgan fingerprint density at radius 2 is 1.67 bits per heavy atom. The Bertz CT molecular complexity index is 1410. The summed E-state index contributed by atoms with van der Waals surface area (Å²) < 4.78 is 0. The van der Waals surface area contributed by atoms with Gasteiger partial charge in [-0.25, -0.2) is 0 Å². The minimum absolute atomic E-state index is 0.0331. The van der Waals surface area contributed by atoms with E-state index < -0.39 is 11.4 Å². The Morgan fingerprint density at radius 3 is 2.35 bits per heavy atom. The van der Waals surface area contributed by atoms with Crippen LogP contribution in [0.25, 0.3) is 0 Å². The van der Waals surface area contributed by atoms with Crippen LogP contribution >= 0.6 is 0 Å². The molecule has 6 rings (SSSR count). The van der Waals surface area contributed by atoms with Gasteiger partial charge in [-0.1, -0.05) is 76.8 Å². The summed E-state index contributed by atoms with van der Waals surface area (Å²) in [6, 6.07) is 8.25. The maximum Gasteiger partial charge on any atom is 0.309 e. The van der Waals surface area contributed by atoms with Gasteiger partial charge in [-0.15, -0.1) is 0 Å². The fraction of sp³-hybridized carbons (Fsp3) is 0.700. The first kappa shape index (κ1) is 30.7. The second-order valence-electron chi connectivity index (χ2n) is 17.0. The van der Waals surface area contributed by atoms with Crippen molar-refractivity contribution in [3.63, 3.8) is 0 Å². The zero-order valence-electron chi connectivity index (χ0n) is 27.8. The third-order valence-corrected chi connectivity index (χ3v) is 15.0. The van der Waals surface area contributed by atoms with Gasteiger partial charge in [-0.3, -0.25) is 9.59 Å². The molecule has 0 unspecified atom stereocenters. The van der Waals surface area contributed by atoms with Gasteiger partial charge in [0, 0.05) is 23.3 Å². The summed E-state index contributed by atoms with van der Waals surface area (Å²) in [5.41, 5.74) is 2.77. The molecule has 5 fully saturated rings. The molecule has 10 atom stereocenters. The molecule has 5 aliphatic rings. The monoisotopic (exact) mass is 582 g/mol. The first-order valence-corrected chi connectivity index (χ1v) is 17.1. The normalized spacial score (nSPS) is 44.6. The molecule has 0 aromatic heterocycles. The van der Waals surface area contributed by atoms with Crippen LogP contribution in [0, 0.1) is 81.3 Å². The molecule has 1 N–H and O–H groups in total. The average Bonchev–Trinajstić information content (AvgIpc) is 3.34. The molecule has 1 aromatic rings. The summed E-state index contributed by atoms with van der Waals surface area (Å²) in [6.07, 6.45) is 9.62. The van der Waals surface area contributed by atoms with Gasteiger partial charge in [0.05, 0.1) is 5.41 Å². The predicted octanol–water partition coefficient (Wildman–Crippen LogP) is 9.27. The number of benzene rings is 1. The van der Waals surface area contributed by atoms with Gasteiger partial charge in [0.2, 0.25) is 0 Å². The highest BCUT2D eigenvalue weighted by Crippen LogP contribution is 2.77. The highest BCUT2D eigenvalue weighted by Gasteiger charge is 2.72. The molecule has 0 saturated heterocycles. The van der Waals surface area contributed by atoms with Gasteiger partial charge in [0.25, 0.3) is 0 Å². The average molecular weight is 583 g/mol. The fourth-order valence-corrected chi connectivity index (χ4v) is 12.8. The molecule has 3 heteroatoms. The van der Waals surface area contributed by atoms with Crippen LogP contribution in [0.15, 0.2) is 36.4 Å². The molecule has 0 bridgehead atoms. The lowest BCUT2D eigenvalue weighted by molar-refractivity contribution is -0.238. The van der Waals surface area contributed by atoms with E-state index in [2.05, 4.69) is 79.0 Å². The topological polar surface area (TPSA) is 54.4 Å². The summed E-state index contributed by atoms with van der Waals surface area (Å²) >= 11 is 0. The van der Waals surface area contributed by atoms with Gasteiger partial charge in [-0.05, 0) is 129 Å². The van der Waals surface area contributed by atoms with Crippen LogP contribution < -0.4 is 0 Å². The standard InChI is InChI=1S/C40H54O3/c1-25(2)29-18-21-40(35(42)43)23-22-38(7)30(33(29)40)16-17-32-37(6)24-28(15-11-14-27-13-10-9-12-26(27)3)34(41)36(4,5)31(37)19-20-39(32,38)8/h9-10,12-13,28-33H,1,15-24H2,2-8H3,(H,42,43)/t28-,29+,30-,31+,32-,33-,37+,38-,39-,40+/m1/s1. The van der Waals surface area contributed by atoms with Gasteiger partial charge >= 0.3 is 5.97 Å². The number of carbonyl (C=O) groups is 2. The van der Waals surface area contributed by atoms with Crippen LogP contribution in [-0.4, -0.2) is 16.9 Å². The molecule has 43 heavy (non-hydrogen) atoms. The summed E-state index contributed by atoms with van der Waals surface area (Å²) in [5, 5.41) is 10.7. The van der Waals surface area contributed by atoms with Crippen molar-refractivity contribution >= 4 is 11.8 Å². The number of Topliss-reactive ketones (excluding diaryl/α,β-unsaturated/α-hetero) is 1. The number of carboxylic acid groups (broad SMARTS) is 1. The third kappa shape index (κ3) is 4.13. The zero-order chi connectivity index (χ0) is 31.2. The maximum atomic E-state index is 14.1. The molecule has 0 aliphatic heterocycles. The fourth-order valence-electron chi connectivity index (χ4n) is 12.8. The van der Waals surface area contributed by atoms with E-state index in [1.165, 1.54) is 11.1 Å². The van der Waals surface area contributed by atoms with Gasteiger partial charge in [-0.2, -0.15) is 0 Å². The first-order chi connectivity index (χ1) is 20.1. The number of rotatable bonds is 3. The van der Waals surface area contributed by atoms with E-state index in [9.17, 15) is 14.7 Å². The second kappa shape index (κ2) is 10.1. The number of fused-ring (bicyclic) bond motifs is 7. The van der Waals surface area contributed by atoms with E-state index >= 15 is 0 Å². The molecule has 0 radical (unpaired) electrons. The molecule has 0 amide bonds. The van der Waals surface area contributed by atoms with Crippen LogP contribution in [-0.2, 0) is 9.59 Å². The molecule has 1 aromatic carbocycles. The Hall–Kier alpha value is -2.34. The Balaban J connectivity index is 1.35. The highest BCUT2D eigenvalue weighted by molar-refractivity contribution is 5.88. The van der Waals surface area contributed by atoms with Crippen LogP contribution in [0.3, 0.4) is 0 Å². The Labute approximate surface area is 260 Å². The molecule has 0 heterocycles. The summed E-state index contributed by atoms with van der Waals surface area (Å²) in [4.78, 5) is 27.0. The third-order valence-electron chi connectivity index (χ3n) is 15.0. The van der Waals surface area contributed by atoms with E-state index in [-0.39, 0.29) is 33.5 Å². The number of aliphatic carboxylic acids is 1. The molecule has 0 spiro atoms. The SMILES string of the molecule is C=C(C)[C@@H]1CC[C@]2(C(=O)O)CC[C@]3(C)[C@H](CC[C@@H]4[C@@]5(C)C[C@@H](CC#Cc6ccccc6C)C(=O)C(C)(C)[C@@H]5CC[C@]43C)[C@@H]12. The van der Waals surface area contributed by atoms with E-state index in [0.29, 0.717) is 35.9 Å². The van der Waals surface area contributed by atoms with Gasteiger partial charge in [0.1, 0.15) is 5.78 Å². The number of carboxylic acids is 1. The van der Waals surface area contributed by atoms with Gasteiger partial charge < -0.3 is 5.11 Å². The molecule has 5 saturated carbocycles. The van der Waals surface area contributed by atoms with E-state index in [4.69, 9.17) is 0 Å². The lowest BCUT2D eigenvalue weighted by Crippen LogP contribution is -2.67. The number of hydrogen-bond acceptors (Lipinski definition) is 2. The Morgan fingerprint density at radius 1 is 0.953 bits per heavy atom. The number of aryl methyl sites for hydroxylation is 1. The van der Waals surface area contributed by atoms with Crippen molar-refractivity contribution in [3.05, 3.63) is 47.5 Å². The van der Waals surface area contributed by atoms with Crippen molar-refractivity contribution in [3.8, 4) is 11.8 Å². The summed E-state index contributed by atoms with van der Waals surface area (Å²) in [5.74, 6) is 8.48. The number of carbonyl (C=O) groups excluding carboxylic acids is 1. The van der Waals surface area contributed by atoms with Crippen molar-refractivity contribution in [1.29, 1.82) is 0 Å². The second-order valence-corrected chi connectivity index (χ2v) is 17.0. The molecular weight excluding hydrogens is 528 g/mol. The lowest BCUT2D eigenvalue weighted by atomic mass is 9.32. The number of hydrogen-bond donors (Lipinski definition) is 1. The predicted molar refractivity (Wildman–Crippen MR) is 173 cm³/mol. The van der Waals surface area contributed by atoms with Crippen molar-refractivity contribution in [2.24, 2.45) is 62.6 Å². The van der Waals surface area contributed by atoms with E-state index in [1.54, 1.807) is 0 Å². The summed E-state index contributed by atoms with van der Waals surface area (Å²) in [7, 11) is 0. The largest absolute Gasteiger partial charge is 0.481 e. The van der Waals surface area contributed by atoms with Crippen molar-refractivity contribution < 1.29 is 14.7 Å². The summed E-state index contributed by atoms with van der Waals surface area (Å²) in [6.45, 7) is 20.8. The van der Waals surface area contributed by atoms with Crippen molar-refractivity contribution in [2.45, 2.75) is 113 Å². The molecule has 5 aliphatic carbocycles. The number of allylic oxidation sites excluding steroid dienone is 1. The van der Waals surface area contributed by atoms with Crippen LogP contribution in [0.2, 0.25) is 0 Å². The van der Waals surface area contributed by atoms with Gasteiger partial charge in [0.15, 0.2) is 0 Å². The van der Waals surface area contributed by atoms with Crippen LogP contribution in [0.5, 0.6) is 0 Å². The van der Waals surface area contributed by atoms with Crippen LogP contribution in [0.1, 0.15) is 117 Å². The first-order valence-electron chi connectivity index (χ1n) is 17.1. The molecule has 3 nitrogen and oxygen atoms in total.